The van der Waals surface area contributed by atoms with Crippen LogP contribution in [0.15, 0.2) is 59.7 Å². The Labute approximate surface area is 221 Å². The molecule has 194 valence electrons. The van der Waals surface area contributed by atoms with Crippen LogP contribution in [0.3, 0.4) is 0 Å². The SMILES string of the molecule is CCCN(CCOc1ccc(-n2cnc3cc(-c4ccc(C)cc4)sc3c2=O)cc1OC)C1(C)COC1. The monoisotopic (exact) mass is 519 g/mol. The molecular weight excluding hydrogens is 486 g/mol. The summed E-state index contributed by atoms with van der Waals surface area (Å²) in [4.78, 5) is 21.4. The highest BCUT2D eigenvalue weighted by Crippen LogP contribution is 2.33. The lowest BCUT2D eigenvalue weighted by Gasteiger charge is -2.47. The van der Waals surface area contributed by atoms with Crippen molar-refractivity contribution in [3.8, 4) is 27.6 Å². The van der Waals surface area contributed by atoms with E-state index in [4.69, 9.17) is 14.2 Å². The summed E-state index contributed by atoms with van der Waals surface area (Å²) in [5.41, 5.74) is 3.65. The highest BCUT2D eigenvalue weighted by Gasteiger charge is 2.38. The zero-order valence-corrected chi connectivity index (χ0v) is 22.6. The molecule has 1 saturated heterocycles. The molecule has 0 aliphatic carbocycles. The number of hydrogen-bond acceptors (Lipinski definition) is 7. The summed E-state index contributed by atoms with van der Waals surface area (Å²) >= 11 is 1.47. The van der Waals surface area contributed by atoms with Gasteiger partial charge in [-0.15, -0.1) is 11.3 Å². The van der Waals surface area contributed by atoms with Crippen molar-refractivity contribution in [2.75, 3.05) is 40.0 Å². The zero-order chi connectivity index (χ0) is 26.0. The minimum absolute atomic E-state index is 0.0846. The molecule has 0 bridgehead atoms. The first-order valence-electron chi connectivity index (χ1n) is 12.6. The van der Waals surface area contributed by atoms with E-state index in [9.17, 15) is 4.79 Å². The Morgan fingerprint density at radius 3 is 2.57 bits per heavy atom. The quantitative estimate of drug-likeness (QED) is 0.283. The first kappa shape index (κ1) is 25.4. The number of rotatable bonds is 10. The van der Waals surface area contributed by atoms with Crippen LogP contribution < -0.4 is 15.0 Å². The van der Waals surface area contributed by atoms with Gasteiger partial charge in [-0.25, -0.2) is 4.98 Å². The van der Waals surface area contributed by atoms with E-state index >= 15 is 0 Å². The van der Waals surface area contributed by atoms with Gasteiger partial charge in [-0.1, -0.05) is 36.8 Å². The number of methoxy groups -OCH3 is 1. The molecule has 0 amide bonds. The predicted molar refractivity (Wildman–Crippen MR) is 149 cm³/mol. The largest absolute Gasteiger partial charge is 0.493 e. The highest BCUT2D eigenvalue weighted by atomic mass is 32.1. The lowest BCUT2D eigenvalue weighted by molar-refractivity contribution is -0.132. The lowest BCUT2D eigenvalue weighted by atomic mass is 9.97. The molecule has 0 N–H and O–H groups in total. The van der Waals surface area contributed by atoms with Crippen LogP contribution in [0.2, 0.25) is 0 Å². The van der Waals surface area contributed by atoms with Crippen LogP contribution in [0.4, 0.5) is 0 Å². The first-order valence-corrected chi connectivity index (χ1v) is 13.5. The molecule has 3 heterocycles. The molecule has 0 radical (unpaired) electrons. The van der Waals surface area contributed by atoms with E-state index < -0.39 is 0 Å². The number of thiophene rings is 1. The van der Waals surface area contributed by atoms with Gasteiger partial charge in [-0.3, -0.25) is 14.3 Å². The van der Waals surface area contributed by atoms with Crippen molar-refractivity contribution in [3.05, 3.63) is 70.8 Å². The third-order valence-corrected chi connectivity index (χ3v) is 8.06. The molecule has 0 atom stereocenters. The Bertz CT molecular complexity index is 1440. The first-order chi connectivity index (χ1) is 17.9. The normalized spacial score (nSPS) is 14.6. The van der Waals surface area contributed by atoms with Crippen LogP contribution in [-0.2, 0) is 4.74 Å². The minimum Gasteiger partial charge on any atom is -0.493 e. The van der Waals surface area contributed by atoms with Crippen molar-refractivity contribution in [1.82, 2.24) is 14.5 Å². The molecule has 37 heavy (non-hydrogen) atoms. The molecule has 0 saturated carbocycles. The van der Waals surface area contributed by atoms with Gasteiger partial charge >= 0.3 is 0 Å². The van der Waals surface area contributed by atoms with E-state index in [0.717, 1.165) is 43.2 Å². The van der Waals surface area contributed by atoms with Gasteiger partial charge in [0.05, 0.1) is 37.1 Å². The Hall–Kier alpha value is -3.20. The molecule has 7 nitrogen and oxygen atoms in total. The molecule has 2 aromatic carbocycles. The molecule has 0 spiro atoms. The topological polar surface area (TPSA) is 65.8 Å². The van der Waals surface area contributed by atoms with Crippen molar-refractivity contribution >= 4 is 21.6 Å². The van der Waals surface area contributed by atoms with Crippen molar-refractivity contribution in [1.29, 1.82) is 0 Å². The van der Waals surface area contributed by atoms with Crippen LogP contribution >= 0.6 is 11.3 Å². The summed E-state index contributed by atoms with van der Waals surface area (Å²) in [5, 5.41) is 0. The van der Waals surface area contributed by atoms with Gasteiger partial charge < -0.3 is 14.2 Å². The number of hydrogen-bond donors (Lipinski definition) is 0. The van der Waals surface area contributed by atoms with E-state index in [-0.39, 0.29) is 11.1 Å². The van der Waals surface area contributed by atoms with Crippen LogP contribution in [0, 0.1) is 6.92 Å². The van der Waals surface area contributed by atoms with Crippen molar-refractivity contribution in [3.63, 3.8) is 0 Å². The summed E-state index contributed by atoms with van der Waals surface area (Å²) in [6, 6.07) is 15.8. The maximum Gasteiger partial charge on any atom is 0.275 e. The maximum absolute atomic E-state index is 13.4. The molecule has 2 aromatic heterocycles. The van der Waals surface area contributed by atoms with E-state index in [2.05, 4.69) is 54.9 Å². The van der Waals surface area contributed by atoms with Crippen molar-refractivity contribution < 1.29 is 14.2 Å². The highest BCUT2D eigenvalue weighted by molar-refractivity contribution is 7.22. The van der Waals surface area contributed by atoms with Gasteiger partial charge in [0.1, 0.15) is 17.6 Å². The standard InChI is InChI=1S/C29H33N3O4S/c1-5-12-31(29(3)17-35-18-29)13-14-36-24-11-10-22(15-25(24)34-4)32-19-30-23-16-26(37-27(23)28(32)33)21-8-6-20(2)7-9-21/h6-11,15-16,19H,5,12-14,17-18H2,1-4H3. The maximum atomic E-state index is 13.4. The van der Waals surface area contributed by atoms with Gasteiger partial charge in [0, 0.05) is 17.5 Å². The summed E-state index contributed by atoms with van der Waals surface area (Å²) in [7, 11) is 1.61. The van der Waals surface area contributed by atoms with Gasteiger partial charge in [0.15, 0.2) is 11.5 Å². The van der Waals surface area contributed by atoms with Crippen LogP contribution in [0.25, 0.3) is 26.3 Å². The predicted octanol–water partition coefficient (Wildman–Crippen LogP) is 5.31. The minimum atomic E-state index is -0.102. The Morgan fingerprint density at radius 1 is 1.11 bits per heavy atom. The van der Waals surface area contributed by atoms with Crippen molar-refractivity contribution in [2.45, 2.75) is 32.7 Å². The average molecular weight is 520 g/mol. The average Bonchev–Trinajstić information content (AvgIpc) is 3.33. The lowest BCUT2D eigenvalue weighted by Crippen LogP contribution is -2.61. The molecule has 0 unspecified atom stereocenters. The smallest absolute Gasteiger partial charge is 0.275 e. The fourth-order valence-electron chi connectivity index (χ4n) is 4.65. The van der Waals surface area contributed by atoms with Gasteiger partial charge in [-0.2, -0.15) is 0 Å². The molecule has 5 rings (SSSR count). The molecule has 1 fully saturated rings. The van der Waals surface area contributed by atoms with Gasteiger partial charge in [0.2, 0.25) is 0 Å². The molecule has 8 heteroatoms. The Balaban J connectivity index is 1.35. The fraction of sp³-hybridized carbons (Fsp3) is 0.379. The molecule has 1 aliphatic rings. The third-order valence-electron chi connectivity index (χ3n) is 6.90. The zero-order valence-electron chi connectivity index (χ0n) is 21.8. The van der Waals surface area contributed by atoms with Crippen molar-refractivity contribution in [2.24, 2.45) is 0 Å². The van der Waals surface area contributed by atoms with E-state index in [0.29, 0.717) is 34.0 Å². The number of aromatic nitrogens is 2. The second-order valence-electron chi connectivity index (χ2n) is 9.77. The molecule has 4 aromatic rings. The van der Waals surface area contributed by atoms with Gasteiger partial charge in [0.25, 0.3) is 5.56 Å². The Kier molecular flexibility index (Phi) is 7.33. The van der Waals surface area contributed by atoms with E-state index in [1.165, 1.54) is 16.9 Å². The number of nitrogens with zero attached hydrogens (tertiary/aromatic N) is 3. The second kappa shape index (κ2) is 10.7. The molecule has 1 aliphatic heterocycles. The van der Waals surface area contributed by atoms with Crippen LogP contribution in [0.5, 0.6) is 11.5 Å². The van der Waals surface area contributed by atoms with E-state index in [1.54, 1.807) is 18.0 Å². The van der Waals surface area contributed by atoms with Crippen LogP contribution in [-0.4, -0.2) is 60.0 Å². The molecular formula is C29H33N3O4S. The summed E-state index contributed by atoms with van der Waals surface area (Å²) < 4.78 is 19.4. The third kappa shape index (κ3) is 5.14. The summed E-state index contributed by atoms with van der Waals surface area (Å²) in [6.45, 7) is 10.4. The van der Waals surface area contributed by atoms with Gasteiger partial charge in [-0.05, 0) is 50.6 Å². The summed E-state index contributed by atoms with van der Waals surface area (Å²) in [6.07, 6.45) is 2.66. The number of ether oxygens (including phenoxy) is 3. The summed E-state index contributed by atoms with van der Waals surface area (Å²) in [5.74, 6) is 1.23. The number of benzene rings is 2. The van der Waals surface area contributed by atoms with E-state index in [1.807, 2.05) is 24.3 Å². The number of aryl methyl sites for hydroxylation is 1. The second-order valence-corrected chi connectivity index (χ2v) is 10.8. The number of fused-ring (bicyclic) bond motifs is 1. The fourth-order valence-corrected chi connectivity index (χ4v) is 5.70. The Morgan fingerprint density at radius 2 is 1.89 bits per heavy atom. The van der Waals surface area contributed by atoms with Crippen LogP contribution in [0.1, 0.15) is 25.8 Å².